The first kappa shape index (κ1) is 12.3. The van der Waals surface area contributed by atoms with Crippen LogP contribution >= 0.6 is 0 Å². The highest BCUT2D eigenvalue weighted by molar-refractivity contribution is 5.86. The van der Waals surface area contributed by atoms with Gasteiger partial charge >= 0.3 is 5.97 Å². The molecule has 16 heavy (non-hydrogen) atoms. The fraction of sp³-hybridized carbons (Fsp3) is 0.308. The van der Waals surface area contributed by atoms with Crippen LogP contribution in [-0.2, 0) is 9.53 Å². The molecule has 0 aliphatic rings. The third-order valence-electron chi connectivity index (χ3n) is 1.97. The van der Waals surface area contributed by atoms with Crippen molar-refractivity contribution in [1.29, 1.82) is 0 Å². The fourth-order valence-corrected chi connectivity index (χ4v) is 1.13. The maximum absolute atomic E-state index is 10.9. The van der Waals surface area contributed by atoms with Crippen LogP contribution in [0.3, 0.4) is 0 Å². The van der Waals surface area contributed by atoms with Gasteiger partial charge in [-0.3, -0.25) is 0 Å². The smallest absolute Gasteiger partial charge is 0.330 e. The van der Waals surface area contributed by atoms with Crippen molar-refractivity contribution in [3.05, 3.63) is 35.9 Å². The number of carbonyl (C=O) groups excluding carboxylic acids is 1. The number of benzene rings is 1. The van der Waals surface area contributed by atoms with Gasteiger partial charge in [-0.05, 0) is 30.2 Å². The predicted molar refractivity (Wildman–Crippen MR) is 63.3 cm³/mol. The van der Waals surface area contributed by atoms with Crippen molar-refractivity contribution in [1.82, 2.24) is 0 Å². The first-order valence-electron chi connectivity index (χ1n) is 5.25. The van der Waals surface area contributed by atoms with Crippen molar-refractivity contribution in [2.24, 2.45) is 0 Å². The van der Waals surface area contributed by atoms with Crippen LogP contribution in [-0.4, -0.2) is 19.7 Å². The Morgan fingerprint density at radius 3 is 2.56 bits per heavy atom. The molecule has 0 amide bonds. The molecule has 1 aromatic rings. The summed E-state index contributed by atoms with van der Waals surface area (Å²) in [4.78, 5) is 10.9. The van der Waals surface area contributed by atoms with Crippen LogP contribution in [0.4, 0.5) is 0 Å². The molecule has 0 spiro atoms. The standard InChI is InChI=1S/C13H16O3/c1-3-10-16-12-7-4-11(5-8-12)6-9-13(14)15-2/h4-9H,3,10H2,1-2H3/b9-6+. The summed E-state index contributed by atoms with van der Waals surface area (Å²) in [5.74, 6) is 0.489. The number of hydrogen-bond donors (Lipinski definition) is 0. The van der Waals surface area contributed by atoms with Crippen LogP contribution in [0.2, 0.25) is 0 Å². The van der Waals surface area contributed by atoms with Gasteiger partial charge < -0.3 is 9.47 Å². The molecule has 0 bridgehead atoms. The summed E-state index contributed by atoms with van der Waals surface area (Å²) in [6.45, 7) is 2.78. The Bertz CT molecular complexity index is 352. The van der Waals surface area contributed by atoms with Gasteiger partial charge in [0.05, 0.1) is 13.7 Å². The molecule has 0 aliphatic heterocycles. The third-order valence-corrected chi connectivity index (χ3v) is 1.97. The van der Waals surface area contributed by atoms with Crippen LogP contribution < -0.4 is 4.74 Å². The van der Waals surface area contributed by atoms with Gasteiger partial charge in [0, 0.05) is 6.08 Å². The Hall–Kier alpha value is -1.77. The van der Waals surface area contributed by atoms with E-state index in [1.807, 2.05) is 24.3 Å². The van der Waals surface area contributed by atoms with Gasteiger partial charge in [0.1, 0.15) is 5.75 Å². The minimum absolute atomic E-state index is 0.355. The zero-order valence-corrected chi connectivity index (χ0v) is 9.60. The number of methoxy groups -OCH3 is 1. The lowest BCUT2D eigenvalue weighted by Gasteiger charge is -2.03. The zero-order valence-electron chi connectivity index (χ0n) is 9.60. The molecule has 0 N–H and O–H groups in total. The number of ether oxygens (including phenoxy) is 2. The molecule has 3 heteroatoms. The number of carbonyl (C=O) groups is 1. The highest BCUT2D eigenvalue weighted by Gasteiger charge is 1.94. The van der Waals surface area contributed by atoms with Crippen molar-refractivity contribution in [2.45, 2.75) is 13.3 Å². The van der Waals surface area contributed by atoms with E-state index in [0.29, 0.717) is 0 Å². The second kappa shape index (κ2) is 6.67. The lowest BCUT2D eigenvalue weighted by atomic mass is 10.2. The van der Waals surface area contributed by atoms with E-state index in [9.17, 15) is 4.79 Å². The van der Waals surface area contributed by atoms with Gasteiger partial charge in [-0.2, -0.15) is 0 Å². The van der Waals surface area contributed by atoms with E-state index in [2.05, 4.69) is 11.7 Å². The molecule has 0 radical (unpaired) electrons. The molecule has 0 saturated heterocycles. The summed E-state index contributed by atoms with van der Waals surface area (Å²) in [6, 6.07) is 7.55. The van der Waals surface area contributed by atoms with Crippen LogP contribution in [0.1, 0.15) is 18.9 Å². The second-order valence-electron chi connectivity index (χ2n) is 3.27. The maximum atomic E-state index is 10.9. The van der Waals surface area contributed by atoms with E-state index in [1.165, 1.54) is 13.2 Å². The normalized spacial score (nSPS) is 10.4. The monoisotopic (exact) mass is 220 g/mol. The highest BCUT2D eigenvalue weighted by atomic mass is 16.5. The molecule has 0 fully saturated rings. The Morgan fingerprint density at radius 2 is 2.00 bits per heavy atom. The van der Waals surface area contributed by atoms with Crippen molar-refractivity contribution in [3.63, 3.8) is 0 Å². The topological polar surface area (TPSA) is 35.5 Å². The summed E-state index contributed by atoms with van der Waals surface area (Å²) in [5, 5.41) is 0. The fourth-order valence-electron chi connectivity index (χ4n) is 1.13. The maximum Gasteiger partial charge on any atom is 0.330 e. The molecule has 0 atom stereocenters. The lowest BCUT2D eigenvalue weighted by Crippen LogP contribution is -1.94. The van der Waals surface area contributed by atoms with Gasteiger partial charge in [0.25, 0.3) is 0 Å². The van der Waals surface area contributed by atoms with Crippen LogP contribution in [0.5, 0.6) is 5.75 Å². The largest absolute Gasteiger partial charge is 0.494 e. The number of hydrogen-bond acceptors (Lipinski definition) is 3. The van der Waals surface area contributed by atoms with Gasteiger partial charge in [-0.15, -0.1) is 0 Å². The lowest BCUT2D eigenvalue weighted by molar-refractivity contribution is -0.134. The first-order chi connectivity index (χ1) is 7.76. The molecule has 0 saturated carbocycles. The van der Waals surface area contributed by atoms with E-state index in [1.54, 1.807) is 6.08 Å². The Kier molecular flexibility index (Phi) is 5.12. The molecule has 3 nitrogen and oxygen atoms in total. The summed E-state index contributed by atoms with van der Waals surface area (Å²) in [5.41, 5.74) is 0.939. The van der Waals surface area contributed by atoms with E-state index in [-0.39, 0.29) is 5.97 Å². The minimum atomic E-state index is -0.355. The molecular weight excluding hydrogens is 204 g/mol. The SMILES string of the molecule is CCCOc1ccc(/C=C/C(=O)OC)cc1. The Balaban J connectivity index is 2.57. The van der Waals surface area contributed by atoms with E-state index < -0.39 is 0 Å². The molecule has 86 valence electrons. The quantitative estimate of drug-likeness (QED) is 0.565. The highest BCUT2D eigenvalue weighted by Crippen LogP contribution is 2.13. The van der Waals surface area contributed by atoms with Crippen molar-refractivity contribution >= 4 is 12.0 Å². The van der Waals surface area contributed by atoms with Gasteiger partial charge in [-0.25, -0.2) is 4.79 Å². The molecule has 1 aromatic carbocycles. The van der Waals surface area contributed by atoms with Crippen molar-refractivity contribution in [2.75, 3.05) is 13.7 Å². The number of esters is 1. The van der Waals surface area contributed by atoms with Crippen molar-refractivity contribution in [3.8, 4) is 5.75 Å². The summed E-state index contributed by atoms with van der Waals surface area (Å²) >= 11 is 0. The predicted octanol–water partition coefficient (Wildman–Crippen LogP) is 2.66. The van der Waals surface area contributed by atoms with E-state index in [0.717, 1.165) is 24.3 Å². The average Bonchev–Trinajstić information content (AvgIpc) is 2.34. The van der Waals surface area contributed by atoms with Crippen molar-refractivity contribution < 1.29 is 14.3 Å². The molecule has 0 heterocycles. The van der Waals surface area contributed by atoms with E-state index >= 15 is 0 Å². The van der Waals surface area contributed by atoms with Crippen LogP contribution in [0, 0.1) is 0 Å². The summed E-state index contributed by atoms with van der Waals surface area (Å²) < 4.78 is 9.94. The summed E-state index contributed by atoms with van der Waals surface area (Å²) in [7, 11) is 1.36. The van der Waals surface area contributed by atoms with Gasteiger partial charge in [0.2, 0.25) is 0 Å². The average molecular weight is 220 g/mol. The summed E-state index contributed by atoms with van der Waals surface area (Å²) in [6.07, 6.45) is 4.08. The first-order valence-corrected chi connectivity index (χ1v) is 5.25. The minimum Gasteiger partial charge on any atom is -0.494 e. The third kappa shape index (κ3) is 4.17. The van der Waals surface area contributed by atoms with Gasteiger partial charge in [0.15, 0.2) is 0 Å². The Morgan fingerprint density at radius 1 is 1.31 bits per heavy atom. The van der Waals surface area contributed by atoms with Crippen LogP contribution in [0.15, 0.2) is 30.3 Å². The second-order valence-corrected chi connectivity index (χ2v) is 3.27. The zero-order chi connectivity index (χ0) is 11.8. The molecule has 0 aliphatic carbocycles. The molecule has 0 aromatic heterocycles. The molecule has 1 rings (SSSR count). The van der Waals surface area contributed by atoms with Crippen LogP contribution in [0.25, 0.3) is 6.08 Å². The molecule has 0 unspecified atom stereocenters. The number of rotatable bonds is 5. The Labute approximate surface area is 95.7 Å². The molecular formula is C13H16O3. The van der Waals surface area contributed by atoms with E-state index in [4.69, 9.17) is 4.74 Å². The van der Waals surface area contributed by atoms with Gasteiger partial charge in [-0.1, -0.05) is 19.1 Å².